The number of esters is 4. The highest BCUT2D eigenvalue weighted by Gasteiger charge is 2.48. The standard InChI is InChI=1S/C52H50O10/c1-37(53)59-47(35-57-51(41-23-11-5-12-24-41,42-25-13-6-14-26-42)43-27-15-7-16-28-43)49(61-39(3)55)50(62-40(4)56)48(60-38(2)54)36-58-52(44-29-17-8-18-30-44,45-31-19-9-20-32-45)46-33-21-10-22-34-46/h5-34,47-50H,35-36H2,1-4H3/t47-,48+,49-,50+. The molecule has 0 bridgehead atoms. The fourth-order valence-electron chi connectivity index (χ4n) is 7.86. The molecular weight excluding hydrogens is 785 g/mol. The summed E-state index contributed by atoms with van der Waals surface area (Å²) in [6.45, 7) is 3.96. The van der Waals surface area contributed by atoms with E-state index in [4.69, 9.17) is 28.4 Å². The number of rotatable bonds is 19. The molecule has 0 aromatic heterocycles. The normalized spacial score (nSPS) is 13.4. The summed E-state index contributed by atoms with van der Waals surface area (Å²) in [5, 5.41) is 0. The van der Waals surface area contributed by atoms with Gasteiger partial charge in [0.2, 0.25) is 0 Å². The second kappa shape index (κ2) is 21.1. The largest absolute Gasteiger partial charge is 0.456 e. The number of carbonyl (C=O) groups is 4. The topological polar surface area (TPSA) is 124 Å². The third-order valence-corrected chi connectivity index (χ3v) is 10.3. The van der Waals surface area contributed by atoms with Crippen LogP contribution in [0.5, 0.6) is 0 Å². The van der Waals surface area contributed by atoms with Crippen molar-refractivity contribution in [3.05, 3.63) is 215 Å². The van der Waals surface area contributed by atoms with E-state index < -0.39 is 72.7 Å². The molecule has 0 unspecified atom stereocenters. The Bertz CT molecular complexity index is 1980. The molecule has 10 nitrogen and oxygen atoms in total. The van der Waals surface area contributed by atoms with E-state index in [0.29, 0.717) is 0 Å². The van der Waals surface area contributed by atoms with E-state index in [1.54, 1.807) is 0 Å². The maximum atomic E-state index is 13.1. The molecule has 0 aliphatic rings. The van der Waals surface area contributed by atoms with Gasteiger partial charge in [-0.15, -0.1) is 0 Å². The molecule has 4 atom stereocenters. The lowest BCUT2D eigenvalue weighted by atomic mass is 9.80. The van der Waals surface area contributed by atoms with Gasteiger partial charge < -0.3 is 28.4 Å². The Morgan fingerprint density at radius 1 is 0.339 bits per heavy atom. The molecular formula is C52H50O10. The van der Waals surface area contributed by atoms with Gasteiger partial charge in [-0.25, -0.2) is 0 Å². The van der Waals surface area contributed by atoms with E-state index in [0.717, 1.165) is 33.4 Å². The minimum atomic E-state index is -1.59. The first-order chi connectivity index (χ1) is 30.0. The summed E-state index contributed by atoms with van der Waals surface area (Å²) in [5.74, 6) is -3.06. The first-order valence-corrected chi connectivity index (χ1v) is 20.3. The molecule has 6 rings (SSSR count). The van der Waals surface area contributed by atoms with Gasteiger partial charge in [-0.2, -0.15) is 0 Å². The highest BCUT2D eigenvalue weighted by Crippen LogP contribution is 2.43. The maximum Gasteiger partial charge on any atom is 0.303 e. The molecule has 62 heavy (non-hydrogen) atoms. The Balaban J connectivity index is 1.48. The van der Waals surface area contributed by atoms with Crippen LogP contribution in [-0.4, -0.2) is 61.5 Å². The van der Waals surface area contributed by atoms with Gasteiger partial charge >= 0.3 is 23.9 Å². The summed E-state index contributed by atoms with van der Waals surface area (Å²) in [5.41, 5.74) is 1.94. The Kier molecular flexibility index (Phi) is 15.2. The summed E-state index contributed by atoms with van der Waals surface area (Å²) >= 11 is 0. The molecule has 0 heterocycles. The van der Waals surface area contributed by atoms with Crippen LogP contribution in [0.4, 0.5) is 0 Å². The van der Waals surface area contributed by atoms with E-state index in [2.05, 4.69) is 0 Å². The molecule has 0 saturated heterocycles. The second-order valence-electron chi connectivity index (χ2n) is 14.6. The fourth-order valence-corrected chi connectivity index (χ4v) is 7.86. The summed E-state index contributed by atoms with van der Waals surface area (Å²) in [7, 11) is 0. The monoisotopic (exact) mass is 834 g/mol. The summed E-state index contributed by atoms with van der Waals surface area (Å²) in [6.07, 6.45) is -6.05. The van der Waals surface area contributed by atoms with Crippen molar-refractivity contribution in [1.82, 2.24) is 0 Å². The van der Waals surface area contributed by atoms with Crippen molar-refractivity contribution in [3.8, 4) is 0 Å². The predicted molar refractivity (Wildman–Crippen MR) is 233 cm³/mol. The van der Waals surface area contributed by atoms with Crippen LogP contribution >= 0.6 is 0 Å². The first kappa shape index (κ1) is 44.7. The number of ether oxygens (including phenoxy) is 6. The third kappa shape index (κ3) is 10.5. The van der Waals surface area contributed by atoms with E-state index >= 15 is 0 Å². The lowest BCUT2D eigenvalue weighted by Crippen LogP contribution is -2.55. The molecule has 10 heteroatoms. The number of hydrogen-bond donors (Lipinski definition) is 0. The number of hydrogen-bond acceptors (Lipinski definition) is 10. The average Bonchev–Trinajstić information content (AvgIpc) is 3.29. The summed E-state index contributed by atoms with van der Waals surface area (Å²) in [6, 6.07) is 57.2. The molecule has 6 aromatic carbocycles. The highest BCUT2D eigenvalue weighted by atomic mass is 16.6. The smallest absolute Gasteiger partial charge is 0.303 e. The minimum Gasteiger partial charge on any atom is -0.456 e. The van der Waals surface area contributed by atoms with Crippen LogP contribution in [-0.2, 0) is 58.8 Å². The van der Waals surface area contributed by atoms with E-state index in [9.17, 15) is 19.2 Å². The van der Waals surface area contributed by atoms with Gasteiger partial charge in [-0.3, -0.25) is 19.2 Å². The van der Waals surface area contributed by atoms with Crippen LogP contribution < -0.4 is 0 Å². The Morgan fingerprint density at radius 2 is 0.532 bits per heavy atom. The van der Waals surface area contributed by atoms with E-state index in [1.807, 2.05) is 182 Å². The Hall–Kier alpha value is -6.88. The van der Waals surface area contributed by atoms with Crippen LogP contribution in [0.1, 0.15) is 61.1 Å². The van der Waals surface area contributed by atoms with Crippen LogP contribution in [0, 0.1) is 0 Å². The van der Waals surface area contributed by atoms with Crippen LogP contribution in [0.3, 0.4) is 0 Å². The highest BCUT2D eigenvalue weighted by molar-refractivity contribution is 5.69. The van der Waals surface area contributed by atoms with E-state index in [1.165, 1.54) is 27.7 Å². The van der Waals surface area contributed by atoms with Crippen LogP contribution in [0.25, 0.3) is 0 Å². The summed E-state index contributed by atoms with van der Waals surface area (Å²) in [4.78, 5) is 52.4. The van der Waals surface area contributed by atoms with Crippen molar-refractivity contribution < 1.29 is 47.6 Å². The minimum absolute atomic E-state index is 0.399. The Labute approximate surface area is 362 Å². The van der Waals surface area contributed by atoms with Gasteiger partial charge in [-0.05, 0) is 33.4 Å². The van der Waals surface area contributed by atoms with Gasteiger partial charge in [0.1, 0.15) is 11.2 Å². The molecule has 6 aromatic rings. The molecule has 0 aliphatic carbocycles. The molecule has 318 valence electrons. The van der Waals surface area contributed by atoms with Crippen molar-refractivity contribution in [2.45, 2.75) is 63.3 Å². The van der Waals surface area contributed by atoms with E-state index in [-0.39, 0.29) is 0 Å². The zero-order valence-corrected chi connectivity index (χ0v) is 35.1. The molecule has 0 radical (unpaired) electrons. The molecule has 0 N–H and O–H groups in total. The lowest BCUT2D eigenvalue weighted by Gasteiger charge is -2.41. The number of benzene rings is 6. The van der Waals surface area contributed by atoms with Crippen molar-refractivity contribution in [2.75, 3.05) is 13.2 Å². The van der Waals surface area contributed by atoms with Gasteiger partial charge in [-0.1, -0.05) is 182 Å². The molecule has 0 fully saturated rings. The maximum absolute atomic E-state index is 13.1. The van der Waals surface area contributed by atoms with Crippen molar-refractivity contribution >= 4 is 23.9 Å². The van der Waals surface area contributed by atoms with Crippen molar-refractivity contribution in [3.63, 3.8) is 0 Å². The Morgan fingerprint density at radius 3 is 0.710 bits per heavy atom. The molecule has 0 spiro atoms. The predicted octanol–water partition coefficient (Wildman–Crippen LogP) is 8.73. The zero-order chi connectivity index (χ0) is 44.0. The molecule has 0 aliphatic heterocycles. The summed E-state index contributed by atoms with van der Waals surface area (Å²) < 4.78 is 38.1. The molecule has 0 amide bonds. The van der Waals surface area contributed by atoms with Crippen molar-refractivity contribution in [1.29, 1.82) is 0 Å². The third-order valence-electron chi connectivity index (χ3n) is 10.3. The quantitative estimate of drug-likeness (QED) is 0.0445. The fraction of sp³-hybridized carbons (Fsp3) is 0.231. The van der Waals surface area contributed by atoms with Crippen LogP contribution in [0.15, 0.2) is 182 Å². The lowest BCUT2D eigenvalue weighted by molar-refractivity contribution is -0.210. The van der Waals surface area contributed by atoms with Gasteiger partial charge in [0.15, 0.2) is 24.4 Å². The SMILES string of the molecule is CC(=O)O[C@H]([C@H](OC(C)=O)[C@@H](COC(c1ccccc1)(c1ccccc1)c1ccccc1)OC(C)=O)[C@H](COC(c1ccccc1)(c1ccccc1)c1ccccc1)OC(C)=O. The van der Waals surface area contributed by atoms with Gasteiger partial charge in [0.05, 0.1) is 13.2 Å². The number of carbonyl (C=O) groups excluding carboxylic acids is 4. The van der Waals surface area contributed by atoms with Crippen molar-refractivity contribution in [2.24, 2.45) is 0 Å². The van der Waals surface area contributed by atoms with Gasteiger partial charge in [0.25, 0.3) is 0 Å². The first-order valence-electron chi connectivity index (χ1n) is 20.3. The zero-order valence-electron chi connectivity index (χ0n) is 35.1. The second-order valence-corrected chi connectivity index (χ2v) is 14.6. The average molecular weight is 835 g/mol. The molecule has 0 saturated carbocycles. The van der Waals surface area contributed by atoms with Crippen LogP contribution in [0.2, 0.25) is 0 Å². The van der Waals surface area contributed by atoms with Gasteiger partial charge in [0, 0.05) is 27.7 Å².